The van der Waals surface area contributed by atoms with E-state index in [0.717, 1.165) is 11.3 Å². The van der Waals surface area contributed by atoms with E-state index in [2.05, 4.69) is 20.8 Å². The number of nitrogens with one attached hydrogen (secondary N) is 1. The molecule has 1 aromatic carbocycles. The Morgan fingerprint density at radius 1 is 1.24 bits per heavy atom. The molecule has 2 nitrogen and oxygen atoms in total. The van der Waals surface area contributed by atoms with Crippen LogP contribution in [0.5, 0.6) is 0 Å². The number of rotatable bonds is 6. The first-order valence-corrected chi connectivity index (χ1v) is 7.07. The van der Waals surface area contributed by atoms with Crippen LogP contribution in [0.25, 0.3) is 0 Å². The average Bonchev–Trinajstić information content (AvgIpc) is 2.29. The summed E-state index contributed by atoms with van der Waals surface area (Å²) in [5.74, 6) is 1.85. The quantitative estimate of drug-likeness (QED) is 0.600. The molecule has 0 amide bonds. The molecule has 0 spiro atoms. The molecule has 1 rings (SSSR count). The highest BCUT2D eigenvalue weighted by molar-refractivity contribution is 7.99. The monoisotopic (exact) mass is 250 g/mol. The van der Waals surface area contributed by atoms with Gasteiger partial charge in [-0.15, -0.1) is 0 Å². The standard InChI is InChI=1S/C14H22N2S/c1-10(2)11(3)17-9-13(14(15)16)12-7-5-4-6-8-12/h4-8,10-11,13H,9H2,1-3H3,(H3,15,16). The summed E-state index contributed by atoms with van der Waals surface area (Å²) in [5, 5.41) is 8.30. The van der Waals surface area contributed by atoms with Crippen LogP contribution < -0.4 is 5.73 Å². The van der Waals surface area contributed by atoms with E-state index in [-0.39, 0.29) is 11.8 Å². The van der Waals surface area contributed by atoms with Crippen LogP contribution in [0, 0.1) is 11.3 Å². The van der Waals surface area contributed by atoms with E-state index in [1.807, 2.05) is 42.1 Å². The second-order valence-electron chi connectivity index (χ2n) is 4.70. The van der Waals surface area contributed by atoms with Crippen LogP contribution in [0.3, 0.4) is 0 Å². The molecule has 94 valence electrons. The summed E-state index contributed by atoms with van der Waals surface area (Å²) in [6.45, 7) is 6.68. The second-order valence-corrected chi connectivity index (χ2v) is 6.11. The Morgan fingerprint density at radius 2 is 1.82 bits per heavy atom. The first-order valence-electron chi connectivity index (χ1n) is 6.02. The van der Waals surface area contributed by atoms with Crippen molar-refractivity contribution < 1.29 is 0 Å². The highest BCUT2D eigenvalue weighted by Crippen LogP contribution is 2.26. The van der Waals surface area contributed by atoms with Gasteiger partial charge in [-0.1, -0.05) is 51.1 Å². The lowest BCUT2D eigenvalue weighted by atomic mass is 10.0. The van der Waals surface area contributed by atoms with Crippen LogP contribution in [0.15, 0.2) is 30.3 Å². The lowest BCUT2D eigenvalue weighted by Crippen LogP contribution is -2.23. The van der Waals surface area contributed by atoms with Gasteiger partial charge in [-0.25, -0.2) is 0 Å². The molecule has 0 saturated carbocycles. The summed E-state index contributed by atoms with van der Waals surface area (Å²) in [6.07, 6.45) is 0. The zero-order chi connectivity index (χ0) is 12.8. The Labute approximate surface area is 108 Å². The molecule has 0 fully saturated rings. The Kier molecular flexibility index (Phi) is 5.56. The summed E-state index contributed by atoms with van der Waals surface area (Å²) in [4.78, 5) is 0. The van der Waals surface area contributed by atoms with Crippen molar-refractivity contribution in [3.05, 3.63) is 35.9 Å². The van der Waals surface area contributed by atoms with Gasteiger partial charge in [0.25, 0.3) is 0 Å². The van der Waals surface area contributed by atoms with Gasteiger partial charge in [0.1, 0.15) is 0 Å². The maximum atomic E-state index is 7.71. The number of hydrogen-bond donors (Lipinski definition) is 2. The van der Waals surface area contributed by atoms with E-state index in [9.17, 15) is 0 Å². The number of benzene rings is 1. The minimum Gasteiger partial charge on any atom is -0.387 e. The first-order chi connectivity index (χ1) is 8.02. The smallest absolute Gasteiger partial charge is 0.0990 e. The van der Waals surface area contributed by atoms with E-state index < -0.39 is 0 Å². The fraction of sp³-hybridized carbons (Fsp3) is 0.500. The molecule has 0 aromatic heterocycles. The molecule has 0 heterocycles. The lowest BCUT2D eigenvalue weighted by Gasteiger charge is -2.20. The Hall–Kier alpha value is -0.960. The largest absolute Gasteiger partial charge is 0.387 e. The fourth-order valence-electron chi connectivity index (χ4n) is 1.49. The Balaban J connectivity index is 2.66. The molecule has 3 N–H and O–H groups in total. The third kappa shape index (κ3) is 4.43. The topological polar surface area (TPSA) is 49.9 Å². The van der Waals surface area contributed by atoms with E-state index in [1.165, 1.54) is 0 Å². The van der Waals surface area contributed by atoms with E-state index in [4.69, 9.17) is 11.1 Å². The van der Waals surface area contributed by atoms with Crippen molar-refractivity contribution in [2.45, 2.75) is 31.9 Å². The lowest BCUT2D eigenvalue weighted by molar-refractivity contribution is 0.641. The fourth-order valence-corrected chi connectivity index (χ4v) is 2.74. The third-order valence-electron chi connectivity index (χ3n) is 3.04. The van der Waals surface area contributed by atoms with Gasteiger partial charge >= 0.3 is 0 Å². The highest BCUT2D eigenvalue weighted by Gasteiger charge is 2.17. The molecule has 0 aliphatic heterocycles. The van der Waals surface area contributed by atoms with Gasteiger partial charge in [-0.2, -0.15) is 11.8 Å². The maximum absolute atomic E-state index is 7.71. The average molecular weight is 250 g/mol. The van der Waals surface area contributed by atoms with Gasteiger partial charge < -0.3 is 5.73 Å². The van der Waals surface area contributed by atoms with Crippen LogP contribution in [0.2, 0.25) is 0 Å². The van der Waals surface area contributed by atoms with E-state index in [0.29, 0.717) is 11.2 Å². The first kappa shape index (κ1) is 14.1. The molecule has 0 saturated heterocycles. The molecular formula is C14H22N2S. The van der Waals surface area contributed by atoms with Crippen LogP contribution in [-0.4, -0.2) is 16.8 Å². The molecule has 0 aliphatic rings. The van der Waals surface area contributed by atoms with Gasteiger partial charge in [-0.05, 0) is 11.5 Å². The highest BCUT2D eigenvalue weighted by atomic mass is 32.2. The van der Waals surface area contributed by atoms with Crippen LogP contribution in [-0.2, 0) is 0 Å². The number of hydrogen-bond acceptors (Lipinski definition) is 2. The van der Waals surface area contributed by atoms with Crippen molar-refractivity contribution in [3.63, 3.8) is 0 Å². The van der Waals surface area contributed by atoms with Crippen LogP contribution in [0.4, 0.5) is 0 Å². The van der Waals surface area contributed by atoms with Crippen molar-refractivity contribution in [1.29, 1.82) is 5.41 Å². The predicted octanol–water partition coefficient (Wildman–Crippen LogP) is 3.48. The van der Waals surface area contributed by atoms with Crippen molar-refractivity contribution in [2.75, 3.05) is 5.75 Å². The Morgan fingerprint density at radius 3 is 2.29 bits per heavy atom. The molecule has 0 bridgehead atoms. The summed E-state index contributed by atoms with van der Waals surface area (Å²) < 4.78 is 0. The summed E-state index contributed by atoms with van der Waals surface area (Å²) in [6, 6.07) is 10.1. The number of amidine groups is 1. The Bertz CT molecular complexity index is 348. The molecule has 0 radical (unpaired) electrons. The third-order valence-corrected chi connectivity index (χ3v) is 4.64. The molecule has 3 heteroatoms. The zero-order valence-corrected chi connectivity index (χ0v) is 11.6. The minimum absolute atomic E-state index is 0.0439. The van der Waals surface area contributed by atoms with Gasteiger partial charge in [0.2, 0.25) is 0 Å². The number of thioether (sulfide) groups is 1. The van der Waals surface area contributed by atoms with E-state index >= 15 is 0 Å². The molecule has 17 heavy (non-hydrogen) atoms. The summed E-state index contributed by atoms with van der Waals surface area (Å²) in [5.41, 5.74) is 6.84. The molecule has 0 aliphatic carbocycles. The van der Waals surface area contributed by atoms with E-state index in [1.54, 1.807) is 0 Å². The van der Waals surface area contributed by atoms with Gasteiger partial charge in [-0.3, -0.25) is 5.41 Å². The normalized spacial score (nSPS) is 14.6. The SMILES string of the molecule is CC(C)C(C)SCC(C(=N)N)c1ccccc1. The van der Waals surface area contributed by atoms with Crippen molar-refractivity contribution in [2.24, 2.45) is 11.7 Å². The van der Waals surface area contributed by atoms with Crippen molar-refractivity contribution in [3.8, 4) is 0 Å². The second kappa shape index (κ2) is 6.70. The molecule has 2 atom stereocenters. The molecule has 2 unspecified atom stereocenters. The van der Waals surface area contributed by atoms with Crippen LogP contribution >= 0.6 is 11.8 Å². The van der Waals surface area contributed by atoms with Crippen LogP contribution in [0.1, 0.15) is 32.3 Å². The predicted molar refractivity (Wildman–Crippen MR) is 77.9 cm³/mol. The minimum atomic E-state index is 0.0439. The summed E-state index contributed by atoms with van der Waals surface area (Å²) in [7, 11) is 0. The van der Waals surface area contributed by atoms with Gasteiger partial charge in [0, 0.05) is 16.9 Å². The number of nitrogens with two attached hydrogens (primary N) is 1. The zero-order valence-electron chi connectivity index (χ0n) is 10.8. The molecule has 1 aromatic rings. The molecular weight excluding hydrogens is 228 g/mol. The summed E-state index contributed by atoms with van der Waals surface area (Å²) >= 11 is 1.89. The van der Waals surface area contributed by atoms with Crippen molar-refractivity contribution in [1.82, 2.24) is 0 Å². The van der Waals surface area contributed by atoms with Crippen molar-refractivity contribution >= 4 is 17.6 Å². The van der Waals surface area contributed by atoms with Gasteiger partial charge in [0.15, 0.2) is 0 Å². The van der Waals surface area contributed by atoms with Gasteiger partial charge in [0.05, 0.1) is 5.84 Å². The maximum Gasteiger partial charge on any atom is 0.0990 e.